The first-order chi connectivity index (χ1) is 8.35. The molecule has 1 aromatic carbocycles. The van der Waals surface area contributed by atoms with Crippen molar-refractivity contribution in [3.8, 4) is 11.3 Å². The Labute approximate surface area is 107 Å². The molecule has 1 radical (unpaired) electrons. The highest BCUT2D eigenvalue weighted by atomic mass is 32.1. The van der Waals surface area contributed by atoms with Gasteiger partial charge < -0.3 is 5.73 Å². The summed E-state index contributed by atoms with van der Waals surface area (Å²) in [6.07, 6.45) is 3.55. The molecule has 0 aliphatic carbocycles. The van der Waals surface area contributed by atoms with Crippen molar-refractivity contribution < 1.29 is 0 Å². The number of hydrogen-bond acceptors (Lipinski definition) is 3. The fourth-order valence-electron chi connectivity index (χ4n) is 1.90. The van der Waals surface area contributed by atoms with Crippen LogP contribution in [0.4, 0.5) is 0 Å². The second-order valence-electron chi connectivity index (χ2n) is 4.12. The molecule has 0 saturated heterocycles. The average molecular weight is 245 g/mol. The number of thiazole rings is 1. The third kappa shape index (κ3) is 2.93. The van der Waals surface area contributed by atoms with Crippen LogP contribution in [0.1, 0.15) is 30.9 Å². The van der Waals surface area contributed by atoms with Gasteiger partial charge in [-0.05, 0) is 30.0 Å². The quantitative estimate of drug-likeness (QED) is 0.876. The van der Waals surface area contributed by atoms with Crippen molar-refractivity contribution in [2.75, 3.05) is 0 Å². The molecule has 3 heteroatoms. The molecule has 1 aromatic heterocycles. The summed E-state index contributed by atoms with van der Waals surface area (Å²) in [7, 11) is 0. The van der Waals surface area contributed by atoms with Gasteiger partial charge in [-0.2, -0.15) is 0 Å². The van der Waals surface area contributed by atoms with Gasteiger partial charge in [0.05, 0.1) is 5.69 Å². The molecule has 2 nitrogen and oxygen atoms in total. The minimum Gasteiger partial charge on any atom is -0.326 e. The van der Waals surface area contributed by atoms with Crippen molar-refractivity contribution in [3.63, 3.8) is 0 Å². The van der Waals surface area contributed by atoms with E-state index in [-0.39, 0.29) is 0 Å². The first-order valence-electron chi connectivity index (χ1n) is 5.99. The van der Waals surface area contributed by atoms with Crippen LogP contribution in [-0.4, -0.2) is 4.98 Å². The molecular formula is C14H17N2S. The molecule has 1 heterocycles. The first-order valence-corrected chi connectivity index (χ1v) is 6.87. The zero-order valence-electron chi connectivity index (χ0n) is 10.1. The molecule has 0 fully saturated rings. The monoisotopic (exact) mass is 245 g/mol. The highest BCUT2D eigenvalue weighted by molar-refractivity contribution is 7.07. The van der Waals surface area contributed by atoms with E-state index in [1.807, 2.05) is 5.38 Å². The van der Waals surface area contributed by atoms with Gasteiger partial charge in [0.25, 0.3) is 0 Å². The number of nitrogens with zero attached hydrogens (tertiary/aromatic N) is 1. The predicted octanol–water partition coefficient (Wildman–Crippen LogP) is 3.41. The first kappa shape index (κ1) is 12.3. The van der Waals surface area contributed by atoms with E-state index in [1.165, 1.54) is 35.3 Å². The van der Waals surface area contributed by atoms with E-state index in [1.54, 1.807) is 0 Å². The van der Waals surface area contributed by atoms with Crippen molar-refractivity contribution >= 4 is 11.3 Å². The standard InChI is InChI=1S/C14H17N2S/c1-2-3-4-11-5-6-12(7-13(11)8-15)14-9-17-10-16-14/h5-7,9H,2-4,8,15H2,1H3. The molecule has 2 rings (SSSR count). The number of hydrogen-bond donors (Lipinski definition) is 1. The van der Waals surface area contributed by atoms with E-state index < -0.39 is 0 Å². The van der Waals surface area contributed by atoms with Crippen molar-refractivity contribution in [1.82, 2.24) is 4.98 Å². The van der Waals surface area contributed by atoms with Crippen molar-refractivity contribution in [2.24, 2.45) is 5.73 Å². The SMILES string of the molecule is CCCCc1ccc(-c2cs[c]n2)cc1CN. The number of unbranched alkanes of at least 4 members (excludes halogenated alkanes) is 1. The Morgan fingerprint density at radius 1 is 1.35 bits per heavy atom. The van der Waals surface area contributed by atoms with Gasteiger partial charge in [-0.25, -0.2) is 4.98 Å². The van der Waals surface area contributed by atoms with E-state index in [9.17, 15) is 0 Å². The van der Waals surface area contributed by atoms with Crippen molar-refractivity contribution in [3.05, 3.63) is 40.2 Å². The third-order valence-corrected chi connectivity index (χ3v) is 3.45. The van der Waals surface area contributed by atoms with E-state index in [0.29, 0.717) is 6.54 Å². The Morgan fingerprint density at radius 3 is 2.88 bits per heavy atom. The lowest BCUT2D eigenvalue weighted by Gasteiger charge is -2.09. The van der Waals surface area contributed by atoms with Gasteiger partial charge in [0.15, 0.2) is 5.51 Å². The van der Waals surface area contributed by atoms with Crippen LogP contribution < -0.4 is 5.73 Å². The Morgan fingerprint density at radius 2 is 2.24 bits per heavy atom. The maximum Gasteiger partial charge on any atom is 0.152 e. The van der Waals surface area contributed by atoms with Crippen LogP contribution in [0.2, 0.25) is 0 Å². The predicted molar refractivity (Wildman–Crippen MR) is 72.9 cm³/mol. The Hall–Kier alpha value is -1.19. The molecule has 0 aliphatic rings. The van der Waals surface area contributed by atoms with Gasteiger partial charge in [-0.3, -0.25) is 0 Å². The molecule has 0 aliphatic heterocycles. The average Bonchev–Trinajstić information content (AvgIpc) is 2.90. The van der Waals surface area contributed by atoms with Crippen LogP contribution in [0.15, 0.2) is 23.6 Å². The second kappa shape index (κ2) is 5.94. The molecule has 89 valence electrons. The van der Waals surface area contributed by atoms with Crippen LogP contribution in [-0.2, 0) is 13.0 Å². The number of aryl methyl sites for hydroxylation is 1. The summed E-state index contributed by atoms with van der Waals surface area (Å²) < 4.78 is 0. The van der Waals surface area contributed by atoms with Crippen LogP contribution in [0, 0.1) is 5.51 Å². The second-order valence-corrected chi connectivity index (χ2v) is 4.77. The van der Waals surface area contributed by atoms with E-state index in [4.69, 9.17) is 5.73 Å². The summed E-state index contributed by atoms with van der Waals surface area (Å²) in [6, 6.07) is 6.48. The van der Waals surface area contributed by atoms with Crippen molar-refractivity contribution in [1.29, 1.82) is 0 Å². The summed E-state index contributed by atoms with van der Waals surface area (Å²) in [4.78, 5) is 4.21. The summed E-state index contributed by atoms with van der Waals surface area (Å²) in [5, 5.41) is 2.02. The highest BCUT2D eigenvalue weighted by Crippen LogP contribution is 2.23. The molecule has 0 spiro atoms. The molecule has 0 amide bonds. The van der Waals surface area contributed by atoms with E-state index >= 15 is 0 Å². The lowest BCUT2D eigenvalue weighted by Crippen LogP contribution is -2.02. The minimum atomic E-state index is 0.598. The summed E-state index contributed by atoms with van der Waals surface area (Å²) in [6.45, 7) is 2.81. The molecular weight excluding hydrogens is 228 g/mol. The van der Waals surface area contributed by atoms with Gasteiger partial charge in [0, 0.05) is 17.5 Å². The summed E-state index contributed by atoms with van der Waals surface area (Å²) >= 11 is 1.50. The number of rotatable bonds is 5. The zero-order valence-corrected chi connectivity index (χ0v) is 10.9. The minimum absolute atomic E-state index is 0.598. The van der Waals surface area contributed by atoms with E-state index in [0.717, 1.165) is 17.7 Å². The molecule has 17 heavy (non-hydrogen) atoms. The van der Waals surface area contributed by atoms with Crippen LogP contribution >= 0.6 is 11.3 Å². The van der Waals surface area contributed by atoms with Gasteiger partial charge in [0.2, 0.25) is 0 Å². The number of benzene rings is 1. The van der Waals surface area contributed by atoms with Crippen LogP contribution in [0.25, 0.3) is 11.3 Å². The highest BCUT2D eigenvalue weighted by Gasteiger charge is 2.05. The molecule has 0 saturated carbocycles. The fraction of sp³-hybridized carbons (Fsp3) is 0.357. The topological polar surface area (TPSA) is 38.9 Å². The normalized spacial score (nSPS) is 10.7. The third-order valence-electron chi connectivity index (χ3n) is 2.91. The molecule has 2 N–H and O–H groups in total. The van der Waals surface area contributed by atoms with Gasteiger partial charge >= 0.3 is 0 Å². The summed E-state index contributed by atoms with van der Waals surface area (Å²) in [5.74, 6) is 0. The zero-order chi connectivity index (χ0) is 12.1. The lowest BCUT2D eigenvalue weighted by molar-refractivity contribution is 0.786. The Kier molecular flexibility index (Phi) is 4.29. The maximum atomic E-state index is 5.82. The molecule has 0 unspecified atom stereocenters. The van der Waals surface area contributed by atoms with Gasteiger partial charge in [0.1, 0.15) is 0 Å². The number of aromatic nitrogens is 1. The van der Waals surface area contributed by atoms with Crippen molar-refractivity contribution in [2.45, 2.75) is 32.7 Å². The lowest BCUT2D eigenvalue weighted by atomic mass is 9.98. The maximum absolute atomic E-state index is 5.82. The number of nitrogens with two attached hydrogens (primary N) is 1. The molecule has 2 aromatic rings. The van der Waals surface area contributed by atoms with Gasteiger partial charge in [-0.1, -0.05) is 25.5 Å². The Bertz CT molecular complexity index is 463. The van der Waals surface area contributed by atoms with Gasteiger partial charge in [-0.15, -0.1) is 11.3 Å². The van der Waals surface area contributed by atoms with Crippen LogP contribution in [0.3, 0.4) is 0 Å². The van der Waals surface area contributed by atoms with E-state index in [2.05, 4.69) is 35.6 Å². The fourth-order valence-corrected chi connectivity index (χ4v) is 2.41. The summed E-state index contributed by atoms with van der Waals surface area (Å²) in [5.41, 5.74) is 13.4. The Balaban J connectivity index is 2.27. The largest absolute Gasteiger partial charge is 0.326 e. The smallest absolute Gasteiger partial charge is 0.152 e. The van der Waals surface area contributed by atoms with Crippen LogP contribution in [0.5, 0.6) is 0 Å². The molecule has 0 bridgehead atoms. The molecule has 0 atom stereocenters.